The Morgan fingerprint density at radius 1 is 1.37 bits per heavy atom. The molecule has 2 aromatic rings. The fourth-order valence-electron chi connectivity index (χ4n) is 1.56. The second-order valence-corrected chi connectivity index (χ2v) is 4.05. The molecule has 0 fully saturated rings. The van der Waals surface area contributed by atoms with Crippen LogP contribution in [-0.4, -0.2) is 16.3 Å². The van der Waals surface area contributed by atoms with E-state index in [2.05, 4.69) is 4.99 Å². The van der Waals surface area contributed by atoms with Gasteiger partial charge in [0.05, 0.1) is 11.6 Å². The summed E-state index contributed by atoms with van der Waals surface area (Å²) in [5.41, 5.74) is 5.72. The number of benzene rings is 1. The van der Waals surface area contributed by atoms with Gasteiger partial charge in [-0.05, 0) is 18.2 Å². The van der Waals surface area contributed by atoms with Gasteiger partial charge in [-0.25, -0.2) is 9.38 Å². The molecule has 1 heterocycles. The third-order valence-electron chi connectivity index (χ3n) is 2.43. The molecule has 0 saturated carbocycles. The smallest absolute Gasteiger partial charge is 0.255 e. The molecular weight excluding hydrogens is 269 g/mol. The minimum absolute atomic E-state index is 0.0271. The van der Waals surface area contributed by atoms with Crippen molar-refractivity contribution in [3.8, 4) is 5.69 Å². The molecule has 98 valence electrons. The zero-order valence-electron chi connectivity index (χ0n) is 9.88. The van der Waals surface area contributed by atoms with Crippen molar-refractivity contribution in [3.63, 3.8) is 0 Å². The van der Waals surface area contributed by atoms with E-state index >= 15 is 0 Å². The van der Waals surface area contributed by atoms with Crippen LogP contribution in [0.25, 0.3) is 5.69 Å². The second kappa shape index (κ2) is 5.67. The van der Waals surface area contributed by atoms with Gasteiger partial charge in [-0.15, -0.1) is 11.6 Å². The molecule has 0 atom stereocenters. The molecule has 1 aromatic heterocycles. The Kier molecular flexibility index (Phi) is 3.97. The van der Waals surface area contributed by atoms with Crippen molar-refractivity contribution in [1.29, 1.82) is 0 Å². The predicted octanol–water partition coefficient (Wildman–Crippen LogP) is 2.20. The first-order chi connectivity index (χ1) is 9.11. The topological polar surface area (TPSA) is 60.4 Å². The molecule has 6 heteroatoms. The van der Waals surface area contributed by atoms with Gasteiger partial charge in [0.25, 0.3) is 5.56 Å². The lowest BCUT2D eigenvalue weighted by Gasteiger charge is -2.06. The largest absolute Gasteiger partial charge is 0.386 e. The number of nitrogens with two attached hydrogens (primary N) is 1. The van der Waals surface area contributed by atoms with Gasteiger partial charge in [-0.2, -0.15) is 0 Å². The molecule has 0 amide bonds. The average Bonchev–Trinajstić information content (AvgIpc) is 2.41. The molecule has 0 spiro atoms. The average molecular weight is 280 g/mol. The standard InChI is InChI=1S/C13H11ClFN3O/c14-8-12(16)17-11-5-4-9(7-10(11)15)18-6-2-1-3-13(18)19/h1-7H,8H2,(H2,16,17). The highest BCUT2D eigenvalue weighted by molar-refractivity contribution is 6.28. The van der Waals surface area contributed by atoms with Crippen molar-refractivity contribution in [1.82, 2.24) is 4.57 Å². The Balaban J connectivity index is 2.45. The van der Waals surface area contributed by atoms with E-state index in [9.17, 15) is 9.18 Å². The zero-order chi connectivity index (χ0) is 13.8. The van der Waals surface area contributed by atoms with Crippen LogP contribution >= 0.6 is 11.6 Å². The molecular formula is C13H11ClFN3O. The van der Waals surface area contributed by atoms with Crippen LogP contribution in [0.3, 0.4) is 0 Å². The van der Waals surface area contributed by atoms with Gasteiger partial charge in [-0.3, -0.25) is 9.36 Å². The fourth-order valence-corrected chi connectivity index (χ4v) is 1.62. The van der Waals surface area contributed by atoms with Crippen molar-refractivity contribution in [3.05, 3.63) is 58.8 Å². The number of aromatic nitrogens is 1. The number of nitrogens with zero attached hydrogens (tertiary/aromatic N) is 2. The minimum atomic E-state index is -0.568. The summed E-state index contributed by atoms with van der Waals surface area (Å²) in [7, 11) is 0. The number of rotatable bonds is 3. The molecule has 4 nitrogen and oxygen atoms in total. The summed E-state index contributed by atoms with van der Waals surface area (Å²) in [6.45, 7) is 0. The van der Waals surface area contributed by atoms with Gasteiger partial charge in [0.2, 0.25) is 0 Å². The maximum atomic E-state index is 13.8. The van der Waals surface area contributed by atoms with Crippen LogP contribution in [0, 0.1) is 5.82 Å². The van der Waals surface area contributed by atoms with Gasteiger partial charge >= 0.3 is 0 Å². The lowest BCUT2D eigenvalue weighted by Crippen LogP contribution is -2.15. The van der Waals surface area contributed by atoms with Crippen molar-refractivity contribution in [2.75, 3.05) is 5.88 Å². The number of hydrogen-bond donors (Lipinski definition) is 1. The SMILES string of the molecule is NC(CCl)=Nc1ccc(-n2ccccc2=O)cc1F. The van der Waals surface area contributed by atoms with E-state index in [1.54, 1.807) is 24.4 Å². The van der Waals surface area contributed by atoms with Gasteiger partial charge in [-0.1, -0.05) is 6.07 Å². The number of halogens is 2. The first-order valence-corrected chi connectivity index (χ1v) is 6.02. The monoisotopic (exact) mass is 279 g/mol. The van der Waals surface area contributed by atoms with Gasteiger partial charge in [0.15, 0.2) is 5.82 Å². The van der Waals surface area contributed by atoms with Crippen LogP contribution in [0.4, 0.5) is 10.1 Å². The highest BCUT2D eigenvalue weighted by atomic mass is 35.5. The third kappa shape index (κ3) is 3.00. The van der Waals surface area contributed by atoms with Gasteiger partial charge < -0.3 is 5.73 Å². The highest BCUT2D eigenvalue weighted by Crippen LogP contribution is 2.20. The van der Waals surface area contributed by atoms with Crippen LogP contribution in [-0.2, 0) is 0 Å². The lowest BCUT2D eigenvalue weighted by molar-refractivity contribution is 0.628. The summed E-state index contributed by atoms with van der Waals surface area (Å²) in [4.78, 5) is 15.4. The van der Waals surface area contributed by atoms with Crippen molar-refractivity contribution in [2.45, 2.75) is 0 Å². The fraction of sp³-hybridized carbons (Fsp3) is 0.0769. The molecule has 0 aliphatic carbocycles. The summed E-state index contributed by atoms with van der Waals surface area (Å²) in [6.07, 6.45) is 1.56. The van der Waals surface area contributed by atoms with E-state index in [1.165, 1.54) is 22.8 Å². The zero-order valence-corrected chi connectivity index (χ0v) is 10.6. The van der Waals surface area contributed by atoms with Crippen LogP contribution < -0.4 is 11.3 Å². The van der Waals surface area contributed by atoms with Crippen molar-refractivity contribution < 1.29 is 4.39 Å². The summed E-state index contributed by atoms with van der Waals surface area (Å²) in [6, 6.07) is 8.97. The van der Waals surface area contributed by atoms with Crippen LogP contribution in [0.15, 0.2) is 52.4 Å². The van der Waals surface area contributed by atoms with E-state index in [1.807, 2.05) is 0 Å². The third-order valence-corrected chi connectivity index (χ3v) is 2.71. The number of hydrogen-bond acceptors (Lipinski definition) is 2. The molecule has 2 rings (SSSR count). The van der Waals surface area contributed by atoms with Crippen LogP contribution in [0.1, 0.15) is 0 Å². The lowest BCUT2D eigenvalue weighted by atomic mass is 10.2. The molecule has 0 aliphatic rings. The van der Waals surface area contributed by atoms with E-state index < -0.39 is 5.82 Å². The van der Waals surface area contributed by atoms with Crippen molar-refractivity contribution in [2.24, 2.45) is 10.7 Å². The molecule has 0 radical (unpaired) electrons. The number of pyridine rings is 1. The maximum Gasteiger partial charge on any atom is 0.255 e. The van der Waals surface area contributed by atoms with Crippen LogP contribution in [0.2, 0.25) is 0 Å². The first kappa shape index (κ1) is 13.3. The molecule has 2 N–H and O–H groups in total. The van der Waals surface area contributed by atoms with E-state index in [-0.39, 0.29) is 23.0 Å². The maximum absolute atomic E-state index is 13.8. The molecule has 0 bridgehead atoms. The number of aliphatic imine (C=N–C) groups is 1. The van der Waals surface area contributed by atoms with E-state index in [4.69, 9.17) is 17.3 Å². The summed E-state index contributed by atoms with van der Waals surface area (Å²) < 4.78 is 15.2. The van der Waals surface area contributed by atoms with E-state index in [0.29, 0.717) is 5.69 Å². The Labute approximate surface area is 114 Å². The highest BCUT2D eigenvalue weighted by Gasteiger charge is 2.05. The number of alkyl halides is 1. The Morgan fingerprint density at radius 3 is 2.79 bits per heavy atom. The molecule has 0 saturated heterocycles. The summed E-state index contributed by atoms with van der Waals surface area (Å²) in [5.74, 6) is -0.411. The summed E-state index contributed by atoms with van der Waals surface area (Å²) >= 11 is 5.48. The Bertz CT molecular complexity index is 682. The Morgan fingerprint density at radius 2 is 2.16 bits per heavy atom. The number of amidine groups is 1. The normalized spacial score (nSPS) is 11.6. The van der Waals surface area contributed by atoms with E-state index in [0.717, 1.165) is 0 Å². The first-order valence-electron chi connectivity index (χ1n) is 5.48. The quantitative estimate of drug-likeness (QED) is 0.532. The minimum Gasteiger partial charge on any atom is -0.386 e. The van der Waals surface area contributed by atoms with Gasteiger partial charge in [0, 0.05) is 18.3 Å². The Hall–Kier alpha value is -2.14. The van der Waals surface area contributed by atoms with Crippen LogP contribution in [0.5, 0.6) is 0 Å². The molecule has 0 aliphatic heterocycles. The molecule has 0 unspecified atom stereocenters. The predicted molar refractivity (Wildman–Crippen MR) is 74.0 cm³/mol. The molecule has 19 heavy (non-hydrogen) atoms. The van der Waals surface area contributed by atoms with Gasteiger partial charge in [0.1, 0.15) is 11.5 Å². The molecule has 1 aromatic carbocycles. The summed E-state index contributed by atoms with van der Waals surface area (Å²) in [5, 5.41) is 0. The second-order valence-electron chi connectivity index (χ2n) is 3.78. The van der Waals surface area contributed by atoms with Crippen molar-refractivity contribution >= 4 is 23.1 Å².